The number of fused-ring (bicyclic) bond motifs is 3. The van der Waals surface area contributed by atoms with Gasteiger partial charge in [-0.25, -0.2) is 5.43 Å². The van der Waals surface area contributed by atoms with Gasteiger partial charge in [0.25, 0.3) is 5.91 Å². The fourth-order valence-electron chi connectivity index (χ4n) is 3.14. The number of aromatic nitrogens is 1. The quantitative estimate of drug-likeness (QED) is 0.374. The van der Waals surface area contributed by atoms with Gasteiger partial charge in [0, 0.05) is 40.7 Å². The summed E-state index contributed by atoms with van der Waals surface area (Å²) in [6, 6.07) is 18.9. The summed E-state index contributed by atoms with van der Waals surface area (Å²) in [6.45, 7) is 1.43. The highest BCUT2D eigenvalue weighted by Gasteiger charge is 2.07. The standard InChI is InChI=1S/C22H18N4O2/c1-14(27)25-18-9-6-16(7-10-18)22(28)26-24-13-17-12-23-21-19-5-3-2-4-15(19)8-11-20(17)21/h2-13,23H,1H3,(H,25,27)(H,26,28)/b24-13-. The predicted molar refractivity (Wildman–Crippen MR) is 112 cm³/mol. The lowest BCUT2D eigenvalue weighted by Gasteiger charge is -2.03. The van der Waals surface area contributed by atoms with Crippen LogP contribution >= 0.6 is 0 Å². The average molecular weight is 370 g/mol. The maximum absolute atomic E-state index is 12.2. The summed E-state index contributed by atoms with van der Waals surface area (Å²) in [5.41, 5.74) is 5.55. The van der Waals surface area contributed by atoms with E-state index in [0.717, 1.165) is 27.2 Å². The van der Waals surface area contributed by atoms with Gasteiger partial charge < -0.3 is 10.3 Å². The molecule has 0 unspecified atom stereocenters. The second kappa shape index (κ2) is 7.36. The van der Waals surface area contributed by atoms with E-state index in [4.69, 9.17) is 0 Å². The summed E-state index contributed by atoms with van der Waals surface area (Å²) in [5, 5.41) is 10.1. The Morgan fingerprint density at radius 1 is 0.964 bits per heavy atom. The Morgan fingerprint density at radius 2 is 1.75 bits per heavy atom. The largest absolute Gasteiger partial charge is 0.360 e. The van der Waals surface area contributed by atoms with Gasteiger partial charge in [-0.3, -0.25) is 9.59 Å². The minimum atomic E-state index is -0.323. The molecule has 4 rings (SSSR count). The van der Waals surface area contributed by atoms with E-state index in [1.165, 1.54) is 6.92 Å². The Hall–Kier alpha value is -3.93. The van der Waals surface area contributed by atoms with Crippen molar-refractivity contribution in [2.75, 3.05) is 5.32 Å². The highest BCUT2D eigenvalue weighted by atomic mass is 16.2. The van der Waals surface area contributed by atoms with E-state index >= 15 is 0 Å². The molecular weight excluding hydrogens is 352 g/mol. The Morgan fingerprint density at radius 3 is 2.54 bits per heavy atom. The second-order valence-electron chi connectivity index (χ2n) is 6.41. The lowest BCUT2D eigenvalue weighted by atomic mass is 10.1. The fraction of sp³-hybridized carbons (Fsp3) is 0.0455. The van der Waals surface area contributed by atoms with Crippen LogP contribution in [0.1, 0.15) is 22.8 Å². The molecule has 0 radical (unpaired) electrons. The van der Waals surface area contributed by atoms with Crippen LogP contribution in [0.5, 0.6) is 0 Å². The van der Waals surface area contributed by atoms with E-state index in [9.17, 15) is 9.59 Å². The van der Waals surface area contributed by atoms with Gasteiger partial charge in [-0.05, 0) is 29.7 Å². The molecule has 6 nitrogen and oxygen atoms in total. The molecule has 0 aliphatic heterocycles. The van der Waals surface area contributed by atoms with E-state index in [0.29, 0.717) is 11.3 Å². The monoisotopic (exact) mass is 370 g/mol. The number of nitrogens with one attached hydrogen (secondary N) is 3. The van der Waals surface area contributed by atoms with Gasteiger partial charge in [0.15, 0.2) is 0 Å². The molecule has 3 aromatic carbocycles. The van der Waals surface area contributed by atoms with Crippen molar-refractivity contribution in [3.8, 4) is 0 Å². The average Bonchev–Trinajstić information content (AvgIpc) is 3.11. The van der Waals surface area contributed by atoms with Crippen molar-refractivity contribution < 1.29 is 9.59 Å². The van der Waals surface area contributed by atoms with Crippen molar-refractivity contribution in [2.24, 2.45) is 5.10 Å². The first-order valence-corrected chi connectivity index (χ1v) is 8.82. The lowest BCUT2D eigenvalue weighted by Crippen LogP contribution is -2.17. The molecule has 28 heavy (non-hydrogen) atoms. The van der Waals surface area contributed by atoms with E-state index in [2.05, 4.69) is 39.0 Å². The zero-order valence-corrected chi connectivity index (χ0v) is 15.2. The Balaban J connectivity index is 1.49. The number of hydrogen-bond acceptors (Lipinski definition) is 3. The van der Waals surface area contributed by atoms with E-state index in [1.807, 2.05) is 24.4 Å². The fourth-order valence-corrected chi connectivity index (χ4v) is 3.14. The Labute approximate surface area is 161 Å². The summed E-state index contributed by atoms with van der Waals surface area (Å²) in [7, 11) is 0. The number of benzene rings is 3. The third-order valence-corrected chi connectivity index (χ3v) is 4.45. The molecule has 0 bridgehead atoms. The van der Waals surface area contributed by atoms with Crippen molar-refractivity contribution in [1.82, 2.24) is 10.4 Å². The first kappa shape index (κ1) is 17.5. The SMILES string of the molecule is CC(=O)Nc1ccc(C(=O)N/N=C\c2c[nH]c3c2ccc2ccccc23)cc1. The van der Waals surface area contributed by atoms with Crippen LogP contribution in [0.25, 0.3) is 21.7 Å². The third kappa shape index (κ3) is 3.48. The number of hydrazone groups is 1. The molecule has 0 saturated carbocycles. The molecule has 138 valence electrons. The van der Waals surface area contributed by atoms with E-state index in [-0.39, 0.29) is 11.8 Å². The summed E-state index contributed by atoms with van der Waals surface area (Å²) in [4.78, 5) is 26.5. The predicted octanol–water partition coefficient (Wildman–Crippen LogP) is 4.04. The molecule has 6 heteroatoms. The number of amides is 2. The molecule has 0 atom stereocenters. The highest BCUT2D eigenvalue weighted by molar-refractivity contribution is 6.11. The topological polar surface area (TPSA) is 86.3 Å². The van der Waals surface area contributed by atoms with Crippen LogP contribution in [0, 0.1) is 0 Å². The minimum Gasteiger partial charge on any atom is -0.360 e. The van der Waals surface area contributed by atoms with Crippen LogP contribution in [0.3, 0.4) is 0 Å². The van der Waals surface area contributed by atoms with Gasteiger partial charge >= 0.3 is 0 Å². The van der Waals surface area contributed by atoms with E-state index in [1.54, 1.807) is 30.5 Å². The molecule has 0 aliphatic carbocycles. The molecular formula is C22H18N4O2. The Bertz CT molecular complexity index is 1210. The van der Waals surface area contributed by atoms with Gasteiger partial charge in [0.1, 0.15) is 0 Å². The highest BCUT2D eigenvalue weighted by Crippen LogP contribution is 2.26. The molecule has 3 N–H and O–H groups in total. The number of anilines is 1. The minimum absolute atomic E-state index is 0.159. The Kier molecular flexibility index (Phi) is 4.60. The van der Waals surface area contributed by atoms with Crippen molar-refractivity contribution in [3.05, 3.63) is 78.0 Å². The van der Waals surface area contributed by atoms with Crippen molar-refractivity contribution >= 4 is 45.4 Å². The number of carbonyl (C=O) groups excluding carboxylic acids is 2. The van der Waals surface area contributed by atoms with Gasteiger partial charge in [0.2, 0.25) is 5.91 Å². The first-order chi connectivity index (χ1) is 13.6. The van der Waals surface area contributed by atoms with Crippen LogP contribution in [0.15, 0.2) is 72.0 Å². The second-order valence-corrected chi connectivity index (χ2v) is 6.41. The van der Waals surface area contributed by atoms with Crippen LogP contribution in [0.4, 0.5) is 5.69 Å². The van der Waals surface area contributed by atoms with Crippen molar-refractivity contribution in [1.29, 1.82) is 0 Å². The van der Waals surface area contributed by atoms with Crippen LogP contribution < -0.4 is 10.7 Å². The maximum Gasteiger partial charge on any atom is 0.271 e. The summed E-state index contributed by atoms with van der Waals surface area (Å²) in [5.74, 6) is -0.482. The van der Waals surface area contributed by atoms with Crippen LogP contribution in [0.2, 0.25) is 0 Å². The smallest absolute Gasteiger partial charge is 0.271 e. The summed E-state index contributed by atoms with van der Waals surface area (Å²) >= 11 is 0. The van der Waals surface area contributed by atoms with Crippen LogP contribution in [-0.4, -0.2) is 23.0 Å². The molecule has 1 aromatic heterocycles. The van der Waals surface area contributed by atoms with Gasteiger partial charge in [0.05, 0.1) is 11.7 Å². The normalized spacial score (nSPS) is 11.2. The number of hydrogen-bond donors (Lipinski definition) is 3. The van der Waals surface area contributed by atoms with Gasteiger partial charge in [-0.1, -0.05) is 36.4 Å². The van der Waals surface area contributed by atoms with Gasteiger partial charge in [-0.2, -0.15) is 5.10 Å². The van der Waals surface area contributed by atoms with E-state index < -0.39 is 0 Å². The molecule has 0 aliphatic rings. The lowest BCUT2D eigenvalue weighted by molar-refractivity contribution is -0.114. The summed E-state index contributed by atoms with van der Waals surface area (Å²) in [6.07, 6.45) is 3.49. The van der Waals surface area contributed by atoms with Crippen molar-refractivity contribution in [3.63, 3.8) is 0 Å². The molecule has 2 amide bonds. The number of rotatable bonds is 4. The molecule has 0 fully saturated rings. The van der Waals surface area contributed by atoms with Crippen LogP contribution in [-0.2, 0) is 4.79 Å². The zero-order chi connectivity index (χ0) is 19.5. The number of aromatic amines is 1. The van der Waals surface area contributed by atoms with Gasteiger partial charge in [-0.15, -0.1) is 0 Å². The molecule has 4 aromatic rings. The maximum atomic E-state index is 12.2. The third-order valence-electron chi connectivity index (χ3n) is 4.45. The zero-order valence-electron chi connectivity index (χ0n) is 15.2. The first-order valence-electron chi connectivity index (χ1n) is 8.82. The molecule has 1 heterocycles. The summed E-state index contributed by atoms with van der Waals surface area (Å²) < 4.78 is 0. The van der Waals surface area contributed by atoms with Crippen molar-refractivity contribution in [2.45, 2.75) is 6.92 Å². The molecule has 0 spiro atoms. The number of H-pyrrole nitrogens is 1. The number of nitrogens with zero attached hydrogens (tertiary/aromatic N) is 1. The number of carbonyl (C=O) groups is 2. The molecule has 0 saturated heterocycles.